The smallest absolute Gasteiger partial charge is 0.404 e. The summed E-state index contributed by atoms with van der Waals surface area (Å²) in [7, 11) is 0. The number of carbonyl (C=O) groups excluding carboxylic acids is 2. The van der Waals surface area contributed by atoms with E-state index in [0.717, 1.165) is 5.56 Å². The lowest BCUT2D eigenvalue weighted by atomic mass is 9.98. The van der Waals surface area contributed by atoms with Crippen molar-refractivity contribution in [2.24, 2.45) is 5.92 Å². The summed E-state index contributed by atoms with van der Waals surface area (Å²) >= 11 is 0. The van der Waals surface area contributed by atoms with Crippen molar-refractivity contribution in [3.05, 3.63) is 41.2 Å². The molecule has 2 rings (SSSR count). The van der Waals surface area contributed by atoms with Crippen LogP contribution in [0.15, 0.2) is 30.1 Å². The van der Waals surface area contributed by atoms with Crippen molar-refractivity contribution in [1.82, 2.24) is 15.5 Å². The Morgan fingerprint density at radius 1 is 1.34 bits per heavy atom. The molecule has 0 atom stereocenters. The van der Waals surface area contributed by atoms with Gasteiger partial charge >= 0.3 is 6.09 Å². The Balaban J connectivity index is 1.95. The van der Waals surface area contributed by atoms with Gasteiger partial charge in [0.1, 0.15) is 12.4 Å². The molecule has 0 spiro atoms. The van der Waals surface area contributed by atoms with Crippen LogP contribution in [0.25, 0.3) is 0 Å². The van der Waals surface area contributed by atoms with Gasteiger partial charge in [-0.3, -0.25) is 9.59 Å². The molecular formula is C20H26FN3O5. The van der Waals surface area contributed by atoms with Crippen molar-refractivity contribution < 1.29 is 28.6 Å². The van der Waals surface area contributed by atoms with Gasteiger partial charge in [-0.2, -0.15) is 0 Å². The van der Waals surface area contributed by atoms with E-state index in [2.05, 4.69) is 10.6 Å². The summed E-state index contributed by atoms with van der Waals surface area (Å²) in [6.45, 7) is 4.70. The number of benzene rings is 1. The number of amides is 3. The Hall–Kier alpha value is -3.10. The zero-order valence-corrected chi connectivity index (χ0v) is 16.5. The molecule has 0 bridgehead atoms. The molecule has 0 fully saturated rings. The van der Waals surface area contributed by atoms with Gasteiger partial charge in [0, 0.05) is 30.8 Å². The second-order valence-corrected chi connectivity index (χ2v) is 7.21. The third kappa shape index (κ3) is 6.78. The molecule has 3 amide bonds. The number of carbonyl (C=O) groups is 3. The van der Waals surface area contributed by atoms with E-state index in [1.165, 1.54) is 4.90 Å². The first-order valence-corrected chi connectivity index (χ1v) is 9.36. The van der Waals surface area contributed by atoms with Crippen LogP contribution in [0.5, 0.6) is 5.75 Å². The van der Waals surface area contributed by atoms with Crippen LogP contribution in [0.3, 0.4) is 0 Å². The molecule has 8 nitrogen and oxygen atoms in total. The number of nitrogens with zero attached hydrogens (tertiary/aromatic N) is 1. The van der Waals surface area contributed by atoms with Crippen LogP contribution in [-0.4, -0.2) is 60.7 Å². The van der Waals surface area contributed by atoms with Gasteiger partial charge in [-0.05, 0) is 36.1 Å². The van der Waals surface area contributed by atoms with Crippen molar-refractivity contribution in [3.63, 3.8) is 0 Å². The van der Waals surface area contributed by atoms with E-state index in [9.17, 15) is 18.8 Å². The first-order valence-electron chi connectivity index (χ1n) is 9.36. The normalized spacial score (nSPS) is 13.9. The Labute approximate surface area is 168 Å². The molecule has 0 radical (unpaired) electrons. The number of carboxylic acid groups (broad SMARTS) is 1. The highest BCUT2D eigenvalue weighted by Gasteiger charge is 2.26. The lowest BCUT2D eigenvalue weighted by Crippen LogP contribution is -2.44. The second kappa shape index (κ2) is 10.4. The standard InChI is InChI=1S/C20H26FN3O5/c1-13(2)9-22-18(25)11-24-6-5-15-7-16(3-4-17(15)19(24)26)29-12-14(8-21)10-23-20(27)28/h3-4,7-8,13,23H,5-6,9-12H2,1-2H3,(H,22,25)(H,27,28)/b14-8-. The summed E-state index contributed by atoms with van der Waals surface area (Å²) in [6, 6.07) is 4.93. The molecule has 29 heavy (non-hydrogen) atoms. The number of hydrogen-bond acceptors (Lipinski definition) is 4. The van der Waals surface area contributed by atoms with E-state index in [4.69, 9.17) is 9.84 Å². The Morgan fingerprint density at radius 2 is 2.10 bits per heavy atom. The second-order valence-electron chi connectivity index (χ2n) is 7.21. The zero-order chi connectivity index (χ0) is 21.4. The summed E-state index contributed by atoms with van der Waals surface area (Å²) in [6.07, 6.45) is -0.374. The molecule has 1 aromatic rings. The van der Waals surface area contributed by atoms with Crippen LogP contribution in [0.2, 0.25) is 0 Å². The van der Waals surface area contributed by atoms with Gasteiger partial charge < -0.3 is 25.4 Å². The van der Waals surface area contributed by atoms with Gasteiger partial charge in [0.2, 0.25) is 5.91 Å². The largest absolute Gasteiger partial charge is 0.489 e. The lowest BCUT2D eigenvalue weighted by molar-refractivity contribution is -0.122. The summed E-state index contributed by atoms with van der Waals surface area (Å²) in [5.74, 6) is 0.389. The van der Waals surface area contributed by atoms with Gasteiger partial charge in [-0.1, -0.05) is 13.8 Å². The van der Waals surface area contributed by atoms with Crippen LogP contribution in [0, 0.1) is 5.92 Å². The molecule has 1 aliphatic rings. The SMILES string of the molecule is CC(C)CNC(=O)CN1CCc2cc(OC/C(=C\F)CNC(=O)O)ccc2C1=O. The predicted molar refractivity (Wildman–Crippen MR) is 105 cm³/mol. The lowest BCUT2D eigenvalue weighted by Gasteiger charge is -2.28. The highest BCUT2D eigenvalue weighted by Crippen LogP contribution is 2.24. The molecule has 0 aromatic heterocycles. The van der Waals surface area contributed by atoms with Crippen molar-refractivity contribution >= 4 is 17.9 Å². The van der Waals surface area contributed by atoms with Crippen LogP contribution < -0.4 is 15.4 Å². The molecule has 158 valence electrons. The predicted octanol–water partition coefficient (Wildman–Crippen LogP) is 1.96. The molecule has 0 saturated carbocycles. The van der Waals surface area contributed by atoms with E-state index >= 15 is 0 Å². The quantitative estimate of drug-likeness (QED) is 0.580. The summed E-state index contributed by atoms with van der Waals surface area (Å²) in [5.41, 5.74) is 1.44. The molecule has 0 saturated heterocycles. The minimum atomic E-state index is -1.25. The third-order valence-corrected chi connectivity index (χ3v) is 4.33. The van der Waals surface area contributed by atoms with Crippen molar-refractivity contribution in [3.8, 4) is 5.75 Å². The molecule has 0 unspecified atom stereocenters. The number of ether oxygens (including phenoxy) is 1. The van der Waals surface area contributed by atoms with Gasteiger partial charge in [0.05, 0.1) is 12.9 Å². The fourth-order valence-corrected chi connectivity index (χ4v) is 2.79. The molecule has 1 aromatic carbocycles. The highest BCUT2D eigenvalue weighted by atomic mass is 19.1. The molecular weight excluding hydrogens is 381 g/mol. The van der Waals surface area contributed by atoms with Gasteiger partial charge in [-0.15, -0.1) is 0 Å². The minimum Gasteiger partial charge on any atom is -0.489 e. The maximum Gasteiger partial charge on any atom is 0.404 e. The van der Waals surface area contributed by atoms with E-state index < -0.39 is 6.09 Å². The van der Waals surface area contributed by atoms with E-state index in [0.29, 0.717) is 43.1 Å². The van der Waals surface area contributed by atoms with E-state index in [1.54, 1.807) is 18.2 Å². The molecule has 0 aliphatic carbocycles. The van der Waals surface area contributed by atoms with Crippen molar-refractivity contribution in [1.29, 1.82) is 0 Å². The zero-order valence-electron chi connectivity index (χ0n) is 16.5. The van der Waals surface area contributed by atoms with Crippen LogP contribution in [-0.2, 0) is 11.2 Å². The van der Waals surface area contributed by atoms with Gasteiger partial charge in [-0.25, -0.2) is 9.18 Å². The number of halogens is 1. The Kier molecular flexibility index (Phi) is 7.99. The molecule has 3 N–H and O–H groups in total. The number of fused-ring (bicyclic) bond motifs is 1. The summed E-state index contributed by atoms with van der Waals surface area (Å²) < 4.78 is 18.3. The van der Waals surface area contributed by atoms with Gasteiger partial charge in [0.25, 0.3) is 5.91 Å². The molecule has 9 heteroatoms. The van der Waals surface area contributed by atoms with Crippen LogP contribution in [0.1, 0.15) is 29.8 Å². The monoisotopic (exact) mass is 407 g/mol. The van der Waals surface area contributed by atoms with E-state index in [1.807, 2.05) is 13.8 Å². The first kappa shape index (κ1) is 22.2. The van der Waals surface area contributed by atoms with Crippen LogP contribution in [0.4, 0.5) is 9.18 Å². The highest BCUT2D eigenvalue weighted by molar-refractivity contribution is 5.98. The Bertz CT molecular complexity index is 794. The van der Waals surface area contributed by atoms with E-state index in [-0.39, 0.29) is 37.1 Å². The topological polar surface area (TPSA) is 108 Å². The number of hydrogen-bond donors (Lipinski definition) is 3. The maximum atomic E-state index is 12.8. The fourth-order valence-electron chi connectivity index (χ4n) is 2.79. The number of nitrogens with one attached hydrogen (secondary N) is 2. The number of rotatable bonds is 9. The summed E-state index contributed by atoms with van der Waals surface area (Å²) in [4.78, 5) is 36.6. The van der Waals surface area contributed by atoms with Crippen molar-refractivity contribution in [2.45, 2.75) is 20.3 Å². The maximum absolute atomic E-state index is 12.8. The fraction of sp³-hybridized carbons (Fsp3) is 0.450. The summed E-state index contributed by atoms with van der Waals surface area (Å²) in [5, 5.41) is 13.4. The Morgan fingerprint density at radius 3 is 2.76 bits per heavy atom. The molecule has 1 aliphatic heterocycles. The first-order chi connectivity index (χ1) is 13.8. The average molecular weight is 407 g/mol. The van der Waals surface area contributed by atoms with Crippen LogP contribution >= 0.6 is 0 Å². The van der Waals surface area contributed by atoms with Crippen molar-refractivity contribution in [2.75, 3.05) is 32.8 Å². The van der Waals surface area contributed by atoms with Gasteiger partial charge in [0.15, 0.2) is 0 Å². The average Bonchev–Trinajstić information content (AvgIpc) is 2.68. The minimum absolute atomic E-state index is 0.0183. The molecule has 1 heterocycles. The third-order valence-electron chi connectivity index (χ3n) is 4.33.